The van der Waals surface area contributed by atoms with Crippen LogP contribution in [0, 0.1) is 6.92 Å². The van der Waals surface area contributed by atoms with Gasteiger partial charge in [0.1, 0.15) is 5.75 Å². The topological polar surface area (TPSA) is 52.2 Å². The smallest absolute Gasteiger partial charge is 0.433 e. The molecule has 0 aliphatic heterocycles. The molecule has 0 bridgehead atoms. The highest BCUT2D eigenvalue weighted by atomic mass is 35.5. The minimum absolute atomic E-state index is 0.0580. The standard InChI is InChI=1S/C23H20Cl3F6NO2S/c1-12-7-14(3-5-16(12)21(34)33-13(2)10-36(35)11-22(27,28)29)4-6-17(23(30,31)32)15-8-18(24)20(26)19(25)9-15/h3-9,13,17H,10-11H2,1-2H3,(H,33,34)/b6-4+. The summed E-state index contributed by atoms with van der Waals surface area (Å²) < 4.78 is 89.7. The van der Waals surface area contributed by atoms with Gasteiger partial charge in [0, 0.05) is 5.56 Å². The number of hydrogen-bond donors (Lipinski definition) is 1. The van der Waals surface area contributed by atoms with Gasteiger partial charge in [-0.15, -0.1) is 0 Å². The summed E-state index contributed by atoms with van der Waals surface area (Å²) in [5.41, 5.74) is 0.746. The van der Waals surface area contributed by atoms with E-state index in [9.17, 15) is 35.7 Å². The average molecular weight is 595 g/mol. The second-order valence-corrected chi connectivity index (χ2v) is 10.7. The lowest BCUT2D eigenvalue weighted by Gasteiger charge is -2.19. The van der Waals surface area contributed by atoms with Gasteiger partial charge in [0.05, 0.1) is 27.0 Å². The van der Waals surface area contributed by atoms with Crippen molar-refractivity contribution < 1.29 is 35.7 Å². The summed E-state index contributed by atoms with van der Waals surface area (Å²) in [6, 6.07) is 5.64. The number of nitrogens with one attached hydrogen (secondary N) is 1. The van der Waals surface area contributed by atoms with Crippen molar-refractivity contribution in [2.75, 3.05) is 11.5 Å². The predicted molar refractivity (Wildman–Crippen MR) is 131 cm³/mol. The molecule has 3 nitrogen and oxygen atoms in total. The zero-order chi connectivity index (χ0) is 27.4. The fourth-order valence-electron chi connectivity index (χ4n) is 3.28. The van der Waals surface area contributed by atoms with Crippen molar-refractivity contribution in [3.63, 3.8) is 0 Å². The second-order valence-electron chi connectivity index (χ2n) is 7.99. The number of carbonyl (C=O) groups is 1. The third-order valence-corrected chi connectivity index (χ3v) is 7.55. The van der Waals surface area contributed by atoms with Crippen molar-refractivity contribution in [3.8, 4) is 0 Å². The Hall–Kier alpha value is -1.59. The highest BCUT2D eigenvalue weighted by Gasteiger charge is 2.39. The lowest BCUT2D eigenvalue weighted by Crippen LogP contribution is -2.40. The molecule has 0 fully saturated rings. The van der Waals surface area contributed by atoms with Gasteiger partial charge in [0.25, 0.3) is 5.91 Å². The van der Waals surface area contributed by atoms with Crippen LogP contribution in [-0.2, 0) is 11.2 Å². The highest BCUT2D eigenvalue weighted by molar-refractivity contribution is 7.91. The first-order chi connectivity index (χ1) is 16.5. The van der Waals surface area contributed by atoms with E-state index in [0.717, 1.165) is 18.2 Å². The van der Waals surface area contributed by atoms with E-state index in [0.29, 0.717) is 11.1 Å². The van der Waals surface area contributed by atoms with Crippen LogP contribution in [0.15, 0.2) is 36.4 Å². The maximum atomic E-state index is 13.7. The Labute approximate surface area is 222 Å². The van der Waals surface area contributed by atoms with Crippen molar-refractivity contribution in [2.24, 2.45) is 0 Å². The van der Waals surface area contributed by atoms with Crippen molar-refractivity contribution in [1.29, 1.82) is 0 Å². The average Bonchev–Trinajstić information content (AvgIpc) is 2.69. The lowest BCUT2D eigenvalue weighted by molar-refractivity contribution is -0.139. The minimum atomic E-state index is -4.66. The number of allylic oxidation sites excluding steroid dienone is 1. The molecule has 3 unspecified atom stereocenters. The van der Waals surface area contributed by atoms with Gasteiger partial charge in [-0.1, -0.05) is 59.1 Å². The molecule has 1 amide bonds. The summed E-state index contributed by atoms with van der Waals surface area (Å²) in [6.07, 6.45) is -7.09. The lowest BCUT2D eigenvalue weighted by atomic mass is 9.96. The molecular formula is C23H20Cl3F6NO2S. The molecule has 0 saturated carbocycles. The van der Waals surface area contributed by atoms with Crippen molar-refractivity contribution in [3.05, 3.63) is 73.7 Å². The molecule has 198 valence electrons. The molecule has 0 saturated heterocycles. The number of halogens is 9. The molecule has 0 aromatic heterocycles. The first kappa shape index (κ1) is 30.6. The van der Waals surface area contributed by atoms with E-state index in [-0.39, 0.29) is 31.9 Å². The van der Waals surface area contributed by atoms with Gasteiger partial charge in [-0.05, 0) is 59.9 Å². The van der Waals surface area contributed by atoms with Gasteiger partial charge in [0.15, 0.2) is 0 Å². The number of hydrogen-bond acceptors (Lipinski definition) is 2. The summed E-state index contributed by atoms with van der Waals surface area (Å²) in [7, 11) is 0. The van der Waals surface area contributed by atoms with Crippen LogP contribution >= 0.6 is 34.8 Å². The number of amides is 1. The van der Waals surface area contributed by atoms with Crippen LogP contribution in [0.1, 0.15) is 39.9 Å². The first-order valence-electron chi connectivity index (χ1n) is 10.2. The molecule has 1 N–H and O–H groups in total. The third kappa shape index (κ3) is 9.06. The largest absolute Gasteiger partial charge is 0.616 e. The van der Waals surface area contributed by atoms with Gasteiger partial charge in [0.2, 0.25) is 5.75 Å². The number of benzene rings is 2. The summed E-state index contributed by atoms with van der Waals surface area (Å²) in [6.45, 7) is 2.98. The monoisotopic (exact) mass is 593 g/mol. The molecule has 2 aromatic carbocycles. The third-order valence-electron chi connectivity index (χ3n) is 4.83. The Morgan fingerprint density at radius 2 is 1.67 bits per heavy atom. The second kappa shape index (κ2) is 12.3. The molecule has 0 radical (unpaired) electrons. The van der Waals surface area contributed by atoms with Gasteiger partial charge in [-0.2, -0.15) is 26.3 Å². The van der Waals surface area contributed by atoms with Crippen LogP contribution in [0.4, 0.5) is 26.3 Å². The molecular weight excluding hydrogens is 575 g/mol. The summed E-state index contributed by atoms with van der Waals surface area (Å²) in [4.78, 5) is 12.5. The van der Waals surface area contributed by atoms with E-state index >= 15 is 0 Å². The number of aryl methyl sites for hydroxylation is 1. The van der Waals surface area contributed by atoms with E-state index in [4.69, 9.17) is 34.8 Å². The normalized spacial score (nSPS) is 15.1. The molecule has 3 atom stereocenters. The number of alkyl halides is 6. The Bertz CT molecular complexity index is 1100. The Morgan fingerprint density at radius 3 is 2.17 bits per heavy atom. The summed E-state index contributed by atoms with van der Waals surface area (Å²) >= 11 is 15.4. The van der Waals surface area contributed by atoms with E-state index in [2.05, 4.69) is 5.32 Å². The molecule has 0 spiro atoms. The zero-order valence-corrected chi connectivity index (χ0v) is 21.8. The van der Waals surface area contributed by atoms with E-state index in [1.807, 2.05) is 0 Å². The first-order valence-corrected chi connectivity index (χ1v) is 12.8. The predicted octanol–water partition coefficient (Wildman–Crippen LogP) is 7.74. The molecule has 0 aliphatic carbocycles. The van der Waals surface area contributed by atoms with Gasteiger partial charge >= 0.3 is 12.4 Å². The number of rotatable bonds is 8. The number of carbonyl (C=O) groups excluding carboxylic acids is 1. The van der Waals surface area contributed by atoms with Crippen molar-refractivity contribution >= 4 is 58.0 Å². The molecule has 36 heavy (non-hydrogen) atoms. The molecule has 2 aromatic rings. The fraction of sp³-hybridized carbons (Fsp3) is 0.348. The Morgan fingerprint density at radius 1 is 1.08 bits per heavy atom. The van der Waals surface area contributed by atoms with Gasteiger partial charge in [-0.25, -0.2) is 0 Å². The summed E-state index contributed by atoms with van der Waals surface area (Å²) in [5, 5.41) is 2.18. The van der Waals surface area contributed by atoms with Crippen LogP contribution in [0.5, 0.6) is 0 Å². The summed E-state index contributed by atoms with van der Waals surface area (Å²) in [5.74, 6) is -4.51. The van der Waals surface area contributed by atoms with E-state index in [1.165, 1.54) is 31.2 Å². The van der Waals surface area contributed by atoms with Crippen LogP contribution < -0.4 is 5.32 Å². The van der Waals surface area contributed by atoms with Crippen LogP contribution in [0.25, 0.3) is 6.08 Å². The van der Waals surface area contributed by atoms with Crippen molar-refractivity contribution in [1.82, 2.24) is 5.32 Å². The maximum Gasteiger partial charge on any atom is 0.433 e. The van der Waals surface area contributed by atoms with Crippen LogP contribution in [-0.4, -0.2) is 40.4 Å². The minimum Gasteiger partial charge on any atom is -0.616 e. The zero-order valence-electron chi connectivity index (χ0n) is 18.7. The van der Waals surface area contributed by atoms with Gasteiger partial charge < -0.3 is 9.87 Å². The molecule has 13 heteroatoms. The SMILES string of the molecule is Cc1cc(/C=C/C(c2cc(Cl)c(Cl)c(Cl)c2)C(F)(F)F)ccc1C(=O)NC(C)C[S+]([O-])CC(F)(F)F. The molecule has 0 heterocycles. The Kier molecular flexibility index (Phi) is 10.5. The molecule has 0 aliphatic rings. The quantitative estimate of drug-likeness (QED) is 0.193. The van der Waals surface area contributed by atoms with Gasteiger partial charge in [-0.3, -0.25) is 4.79 Å². The fourth-order valence-corrected chi connectivity index (χ4v) is 5.02. The maximum absolute atomic E-state index is 13.7. The van der Waals surface area contributed by atoms with Crippen molar-refractivity contribution in [2.45, 2.75) is 38.2 Å². The van der Waals surface area contributed by atoms with Crippen LogP contribution in [0.3, 0.4) is 0 Å². The van der Waals surface area contributed by atoms with E-state index < -0.39 is 47.1 Å². The van der Waals surface area contributed by atoms with E-state index in [1.54, 1.807) is 6.92 Å². The van der Waals surface area contributed by atoms with Crippen LogP contribution in [0.2, 0.25) is 15.1 Å². The molecule has 2 rings (SSSR count). The Balaban J connectivity index is 2.17. The highest BCUT2D eigenvalue weighted by Crippen LogP contribution is 2.41.